The number of rotatable bonds is 5. The molecule has 1 saturated heterocycles. The lowest BCUT2D eigenvalue weighted by atomic mass is 9.86. The van der Waals surface area contributed by atoms with Gasteiger partial charge in [-0.3, -0.25) is 4.99 Å². The number of guanidine groups is 1. The molecule has 1 saturated carbocycles. The molecule has 1 aliphatic heterocycles. The first-order chi connectivity index (χ1) is 11.3. The van der Waals surface area contributed by atoms with E-state index in [4.69, 9.17) is 0 Å². The van der Waals surface area contributed by atoms with Crippen molar-refractivity contribution >= 4 is 11.6 Å². The van der Waals surface area contributed by atoms with E-state index in [-0.39, 0.29) is 0 Å². The zero-order valence-corrected chi connectivity index (χ0v) is 14.4. The lowest BCUT2D eigenvalue weighted by molar-refractivity contribution is 0.309. The third kappa shape index (κ3) is 4.18. The second kappa shape index (κ2) is 7.71. The van der Waals surface area contributed by atoms with Crippen molar-refractivity contribution < 1.29 is 0 Å². The van der Waals surface area contributed by atoms with Gasteiger partial charge in [-0.15, -0.1) is 0 Å². The number of hydrogen-bond acceptors (Lipinski definition) is 2. The summed E-state index contributed by atoms with van der Waals surface area (Å²) in [5.41, 5.74) is 1.80. The second-order valence-electron chi connectivity index (χ2n) is 7.00. The lowest BCUT2D eigenvalue weighted by Gasteiger charge is -2.26. The molecular formula is C19H30N4. The summed E-state index contributed by atoms with van der Waals surface area (Å²) in [6.07, 6.45) is 8.12. The number of aliphatic imine (C=N–C) groups is 1. The van der Waals surface area contributed by atoms with Gasteiger partial charge in [-0.05, 0) is 43.2 Å². The summed E-state index contributed by atoms with van der Waals surface area (Å²) in [7, 11) is 1.91. The Hall–Kier alpha value is -1.71. The van der Waals surface area contributed by atoms with Gasteiger partial charge < -0.3 is 15.5 Å². The van der Waals surface area contributed by atoms with Gasteiger partial charge in [0.1, 0.15) is 0 Å². The zero-order chi connectivity index (χ0) is 16.0. The van der Waals surface area contributed by atoms with Crippen molar-refractivity contribution in [2.75, 3.05) is 38.5 Å². The molecule has 1 spiro atoms. The predicted octanol–water partition coefficient (Wildman–Crippen LogP) is 3.33. The topological polar surface area (TPSA) is 39.7 Å². The molecular weight excluding hydrogens is 284 g/mol. The van der Waals surface area contributed by atoms with Crippen LogP contribution in [0.3, 0.4) is 0 Å². The number of nitrogens with zero attached hydrogens (tertiary/aromatic N) is 2. The van der Waals surface area contributed by atoms with E-state index in [1.807, 2.05) is 13.1 Å². The smallest absolute Gasteiger partial charge is 0.193 e. The van der Waals surface area contributed by atoms with Gasteiger partial charge >= 0.3 is 0 Å². The largest absolute Gasteiger partial charge is 0.385 e. The Kier molecular flexibility index (Phi) is 5.42. The van der Waals surface area contributed by atoms with Crippen molar-refractivity contribution in [1.29, 1.82) is 0 Å². The summed E-state index contributed by atoms with van der Waals surface area (Å²) in [6, 6.07) is 10.4. The Labute approximate surface area is 140 Å². The molecule has 1 aliphatic carbocycles. The highest BCUT2D eigenvalue weighted by molar-refractivity contribution is 5.80. The van der Waals surface area contributed by atoms with Gasteiger partial charge in [-0.25, -0.2) is 0 Å². The molecule has 3 rings (SSSR count). The normalized spacial score (nSPS) is 20.2. The fraction of sp³-hybridized carbons (Fsp3) is 0.632. The first kappa shape index (κ1) is 16.2. The van der Waals surface area contributed by atoms with Crippen LogP contribution in [0.5, 0.6) is 0 Å². The van der Waals surface area contributed by atoms with Crippen molar-refractivity contribution in [3.05, 3.63) is 30.3 Å². The quantitative estimate of drug-likeness (QED) is 0.497. The molecule has 23 heavy (non-hydrogen) atoms. The van der Waals surface area contributed by atoms with Gasteiger partial charge in [0.05, 0.1) is 0 Å². The predicted molar refractivity (Wildman–Crippen MR) is 98.0 cm³/mol. The molecule has 2 fully saturated rings. The number of hydrogen-bond donors (Lipinski definition) is 2. The van der Waals surface area contributed by atoms with E-state index in [0.717, 1.165) is 25.5 Å². The van der Waals surface area contributed by atoms with Crippen LogP contribution in [0.1, 0.15) is 38.5 Å². The maximum Gasteiger partial charge on any atom is 0.193 e. The molecule has 0 bridgehead atoms. The number of para-hydroxylation sites is 1. The third-order valence-corrected chi connectivity index (χ3v) is 5.35. The van der Waals surface area contributed by atoms with Crippen molar-refractivity contribution in [3.8, 4) is 0 Å². The maximum absolute atomic E-state index is 4.49. The Morgan fingerprint density at radius 1 is 1.13 bits per heavy atom. The minimum atomic E-state index is 0.604. The fourth-order valence-corrected chi connectivity index (χ4v) is 4.06. The van der Waals surface area contributed by atoms with Crippen LogP contribution in [0.15, 0.2) is 35.3 Å². The minimum absolute atomic E-state index is 0.604. The molecule has 1 aromatic rings. The highest BCUT2D eigenvalue weighted by atomic mass is 15.3. The molecule has 4 heteroatoms. The van der Waals surface area contributed by atoms with Gasteiger partial charge in [0, 0.05) is 38.9 Å². The van der Waals surface area contributed by atoms with Gasteiger partial charge in [-0.2, -0.15) is 0 Å². The zero-order valence-electron chi connectivity index (χ0n) is 14.4. The van der Waals surface area contributed by atoms with Crippen LogP contribution >= 0.6 is 0 Å². The molecule has 0 radical (unpaired) electrons. The summed E-state index contributed by atoms with van der Waals surface area (Å²) in [5.74, 6) is 1.09. The van der Waals surface area contributed by atoms with Crippen LogP contribution < -0.4 is 10.6 Å². The number of likely N-dealkylation sites (tertiary alicyclic amines) is 1. The van der Waals surface area contributed by atoms with Crippen LogP contribution in [0.2, 0.25) is 0 Å². The molecule has 0 unspecified atom stereocenters. The highest BCUT2D eigenvalue weighted by Crippen LogP contribution is 2.45. The van der Waals surface area contributed by atoms with Crippen LogP contribution in [-0.4, -0.2) is 44.1 Å². The SMILES string of the molecule is CN=C(NCCCNc1ccccc1)N1CCC2(CCCC2)C1. The Morgan fingerprint density at radius 3 is 2.65 bits per heavy atom. The van der Waals surface area contributed by atoms with E-state index in [0.29, 0.717) is 5.41 Å². The molecule has 1 aromatic carbocycles. The number of benzene rings is 1. The monoisotopic (exact) mass is 314 g/mol. The summed E-state index contributed by atoms with van der Waals surface area (Å²) in [4.78, 5) is 6.96. The fourth-order valence-electron chi connectivity index (χ4n) is 4.06. The minimum Gasteiger partial charge on any atom is -0.385 e. The van der Waals surface area contributed by atoms with E-state index in [2.05, 4.69) is 44.8 Å². The van der Waals surface area contributed by atoms with Crippen LogP contribution in [0, 0.1) is 5.41 Å². The van der Waals surface area contributed by atoms with Crippen LogP contribution in [-0.2, 0) is 0 Å². The van der Waals surface area contributed by atoms with E-state index >= 15 is 0 Å². The standard InChI is InChI=1S/C19H30N4/c1-20-18(23-15-12-19(16-23)10-5-6-11-19)22-14-7-13-21-17-8-3-2-4-9-17/h2-4,8-9,21H,5-7,10-16H2,1H3,(H,20,22). The third-order valence-electron chi connectivity index (χ3n) is 5.35. The molecule has 0 atom stereocenters. The molecule has 1 heterocycles. The summed E-state index contributed by atoms with van der Waals surface area (Å²) >= 11 is 0. The first-order valence-corrected chi connectivity index (χ1v) is 9.06. The van der Waals surface area contributed by atoms with Crippen molar-refractivity contribution in [2.45, 2.75) is 38.5 Å². The van der Waals surface area contributed by atoms with Gasteiger partial charge in [-0.1, -0.05) is 31.0 Å². The van der Waals surface area contributed by atoms with Crippen molar-refractivity contribution in [2.24, 2.45) is 10.4 Å². The maximum atomic E-state index is 4.49. The van der Waals surface area contributed by atoms with Gasteiger partial charge in [0.25, 0.3) is 0 Å². The molecule has 2 aliphatic rings. The average Bonchev–Trinajstić information content (AvgIpc) is 3.22. The Bertz CT molecular complexity index is 505. The highest BCUT2D eigenvalue weighted by Gasteiger charge is 2.40. The Balaban J connectivity index is 1.37. The van der Waals surface area contributed by atoms with Gasteiger partial charge in [0.15, 0.2) is 5.96 Å². The number of nitrogens with one attached hydrogen (secondary N) is 2. The average molecular weight is 314 g/mol. The molecule has 0 aromatic heterocycles. The molecule has 2 N–H and O–H groups in total. The van der Waals surface area contributed by atoms with Gasteiger partial charge in [0.2, 0.25) is 0 Å². The van der Waals surface area contributed by atoms with E-state index in [1.165, 1.54) is 50.9 Å². The Morgan fingerprint density at radius 2 is 1.91 bits per heavy atom. The van der Waals surface area contributed by atoms with E-state index in [1.54, 1.807) is 0 Å². The molecule has 126 valence electrons. The first-order valence-electron chi connectivity index (χ1n) is 9.06. The van der Waals surface area contributed by atoms with E-state index in [9.17, 15) is 0 Å². The van der Waals surface area contributed by atoms with Crippen LogP contribution in [0.25, 0.3) is 0 Å². The van der Waals surface area contributed by atoms with Crippen molar-refractivity contribution in [3.63, 3.8) is 0 Å². The molecule has 4 nitrogen and oxygen atoms in total. The van der Waals surface area contributed by atoms with Crippen LogP contribution in [0.4, 0.5) is 5.69 Å². The number of anilines is 1. The lowest BCUT2D eigenvalue weighted by Crippen LogP contribution is -2.41. The van der Waals surface area contributed by atoms with Crippen molar-refractivity contribution in [1.82, 2.24) is 10.2 Å². The molecule has 0 amide bonds. The van der Waals surface area contributed by atoms with E-state index < -0.39 is 0 Å². The summed E-state index contributed by atoms with van der Waals surface area (Å²) < 4.78 is 0. The summed E-state index contributed by atoms with van der Waals surface area (Å²) in [6.45, 7) is 4.32. The second-order valence-corrected chi connectivity index (χ2v) is 7.00. The summed E-state index contributed by atoms with van der Waals surface area (Å²) in [5, 5.41) is 6.99.